The van der Waals surface area contributed by atoms with Crippen LogP contribution < -0.4 is 5.32 Å². The number of carbonyl (C=O) groups excluding carboxylic acids is 1. The van der Waals surface area contributed by atoms with Gasteiger partial charge in [-0.25, -0.2) is 0 Å². The summed E-state index contributed by atoms with van der Waals surface area (Å²) in [7, 11) is 0. The minimum atomic E-state index is -0.0314. The first-order valence-corrected chi connectivity index (χ1v) is 7.75. The summed E-state index contributed by atoms with van der Waals surface area (Å²) >= 11 is 5.97. The Hall–Kier alpha value is -1.57. The lowest BCUT2D eigenvalue weighted by molar-refractivity contribution is -0.118. The van der Waals surface area contributed by atoms with E-state index in [0.717, 1.165) is 19.4 Å². The first kappa shape index (κ1) is 15.8. The fraction of sp³-hybridized carbons (Fsp3) is 0.500. The van der Waals surface area contributed by atoms with Gasteiger partial charge in [-0.15, -0.1) is 0 Å². The molecule has 1 aliphatic heterocycles. The number of anilines is 1. The number of halogens is 1. The van der Waals surface area contributed by atoms with Crippen LogP contribution in [0.5, 0.6) is 0 Å². The van der Waals surface area contributed by atoms with Crippen LogP contribution in [0.25, 0.3) is 0 Å². The van der Waals surface area contributed by atoms with Gasteiger partial charge in [0.05, 0.1) is 17.1 Å². The van der Waals surface area contributed by atoms with E-state index in [2.05, 4.69) is 17.1 Å². The van der Waals surface area contributed by atoms with Crippen molar-refractivity contribution in [1.29, 1.82) is 5.26 Å². The summed E-state index contributed by atoms with van der Waals surface area (Å²) in [5, 5.41) is 12.0. The first-order valence-electron chi connectivity index (χ1n) is 7.37. The van der Waals surface area contributed by atoms with E-state index in [0.29, 0.717) is 28.9 Å². The van der Waals surface area contributed by atoms with Gasteiger partial charge in [-0.05, 0) is 44.0 Å². The second kappa shape index (κ2) is 7.44. The summed E-state index contributed by atoms with van der Waals surface area (Å²) < 4.78 is 0. The highest BCUT2D eigenvalue weighted by atomic mass is 35.5. The Morgan fingerprint density at radius 2 is 2.33 bits per heavy atom. The molecule has 1 aliphatic rings. The zero-order valence-corrected chi connectivity index (χ0v) is 13.0. The normalized spacial score (nSPS) is 19.0. The summed E-state index contributed by atoms with van der Waals surface area (Å²) in [5.74, 6) is -0.0314. The number of nitrogens with zero attached hydrogens (tertiary/aromatic N) is 2. The molecule has 1 atom stereocenters. The van der Waals surface area contributed by atoms with E-state index in [1.165, 1.54) is 12.8 Å². The van der Waals surface area contributed by atoms with Crippen LogP contribution in [0.4, 0.5) is 5.69 Å². The summed E-state index contributed by atoms with van der Waals surface area (Å²) in [4.78, 5) is 14.4. The minimum absolute atomic E-state index is 0.0314. The predicted octanol–water partition coefficient (Wildman–Crippen LogP) is 3.41. The van der Waals surface area contributed by atoms with Gasteiger partial charge in [0, 0.05) is 11.7 Å². The maximum atomic E-state index is 12.1. The third-order valence-corrected chi connectivity index (χ3v) is 4.25. The van der Waals surface area contributed by atoms with Gasteiger partial charge < -0.3 is 5.32 Å². The lowest BCUT2D eigenvalue weighted by Crippen LogP contribution is -2.43. The monoisotopic (exact) mass is 305 g/mol. The zero-order chi connectivity index (χ0) is 15.2. The Kier molecular flexibility index (Phi) is 5.60. The average molecular weight is 306 g/mol. The first-order chi connectivity index (χ1) is 10.1. The number of carbonyl (C=O) groups is 1. The molecule has 1 saturated heterocycles. The Morgan fingerprint density at radius 1 is 1.52 bits per heavy atom. The van der Waals surface area contributed by atoms with Crippen molar-refractivity contribution in [3.05, 3.63) is 28.8 Å². The van der Waals surface area contributed by atoms with Crippen molar-refractivity contribution in [2.24, 2.45) is 0 Å². The van der Waals surface area contributed by atoms with Gasteiger partial charge in [0.2, 0.25) is 5.91 Å². The molecule has 0 spiro atoms. The summed E-state index contributed by atoms with van der Waals surface area (Å²) in [5.41, 5.74) is 1.05. The van der Waals surface area contributed by atoms with E-state index in [9.17, 15) is 4.79 Å². The largest absolute Gasteiger partial charge is 0.325 e. The molecule has 1 heterocycles. The number of benzene rings is 1. The maximum Gasteiger partial charge on any atom is 0.238 e. The summed E-state index contributed by atoms with van der Waals surface area (Å²) in [6, 6.07) is 7.45. The van der Waals surface area contributed by atoms with Crippen LogP contribution in [0, 0.1) is 11.3 Å². The topological polar surface area (TPSA) is 56.1 Å². The summed E-state index contributed by atoms with van der Waals surface area (Å²) in [6.45, 7) is 3.57. The second-order valence-electron chi connectivity index (χ2n) is 5.38. The number of piperidine rings is 1. The number of rotatable bonds is 4. The number of likely N-dealkylation sites (tertiary alicyclic amines) is 1. The van der Waals surface area contributed by atoms with E-state index in [4.69, 9.17) is 16.9 Å². The molecule has 1 N–H and O–H groups in total. The molecule has 1 aromatic rings. The Balaban J connectivity index is 1.95. The molecule has 21 heavy (non-hydrogen) atoms. The van der Waals surface area contributed by atoms with Gasteiger partial charge >= 0.3 is 0 Å². The van der Waals surface area contributed by atoms with Crippen LogP contribution in [0.3, 0.4) is 0 Å². The average Bonchev–Trinajstić information content (AvgIpc) is 2.48. The van der Waals surface area contributed by atoms with Gasteiger partial charge in [0.15, 0.2) is 0 Å². The van der Waals surface area contributed by atoms with Crippen LogP contribution >= 0.6 is 11.6 Å². The van der Waals surface area contributed by atoms with Crippen molar-refractivity contribution < 1.29 is 4.79 Å². The standard InChI is InChI=1S/C16H20ClN3O/c1-2-14-5-3-4-8-20(14)11-16(21)19-13-7-6-12(10-18)15(17)9-13/h6-7,9,14H,2-5,8,11H2,1H3,(H,19,21). The van der Waals surface area contributed by atoms with Crippen LogP contribution in [0.2, 0.25) is 5.02 Å². The van der Waals surface area contributed by atoms with Crippen molar-refractivity contribution in [1.82, 2.24) is 4.90 Å². The van der Waals surface area contributed by atoms with Crippen molar-refractivity contribution >= 4 is 23.2 Å². The fourth-order valence-electron chi connectivity index (χ4n) is 2.80. The Labute approximate surface area is 130 Å². The molecule has 5 heteroatoms. The molecule has 2 rings (SSSR count). The molecule has 1 aromatic carbocycles. The highest BCUT2D eigenvalue weighted by Gasteiger charge is 2.22. The molecule has 0 saturated carbocycles. The lowest BCUT2D eigenvalue weighted by atomic mass is 10.00. The SMILES string of the molecule is CCC1CCCCN1CC(=O)Nc1ccc(C#N)c(Cl)c1. The van der Waals surface area contributed by atoms with E-state index in [1.807, 2.05) is 6.07 Å². The Bertz CT molecular complexity index is 553. The molecular weight excluding hydrogens is 286 g/mol. The van der Waals surface area contributed by atoms with E-state index in [-0.39, 0.29) is 5.91 Å². The minimum Gasteiger partial charge on any atom is -0.325 e. The van der Waals surface area contributed by atoms with E-state index in [1.54, 1.807) is 18.2 Å². The molecular formula is C16H20ClN3O. The number of hydrogen-bond acceptors (Lipinski definition) is 3. The number of nitrogens with one attached hydrogen (secondary N) is 1. The van der Waals surface area contributed by atoms with Crippen LogP contribution in [-0.2, 0) is 4.79 Å². The molecule has 0 radical (unpaired) electrons. The molecule has 0 bridgehead atoms. The molecule has 1 amide bonds. The molecule has 112 valence electrons. The quantitative estimate of drug-likeness (QED) is 0.927. The lowest BCUT2D eigenvalue weighted by Gasteiger charge is -2.34. The molecule has 0 aromatic heterocycles. The third kappa shape index (κ3) is 4.20. The molecule has 0 aliphatic carbocycles. The fourth-order valence-corrected chi connectivity index (χ4v) is 3.02. The van der Waals surface area contributed by atoms with Gasteiger partial charge in [0.1, 0.15) is 6.07 Å². The van der Waals surface area contributed by atoms with E-state index < -0.39 is 0 Å². The van der Waals surface area contributed by atoms with Crippen molar-refractivity contribution in [3.8, 4) is 6.07 Å². The number of nitriles is 1. The number of hydrogen-bond donors (Lipinski definition) is 1. The van der Waals surface area contributed by atoms with Crippen LogP contribution in [0.15, 0.2) is 18.2 Å². The van der Waals surface area contributed by atoms with Gasteiger partial charge in [-0.2, -0.15) is 5.26 Å². The predicted molar refractivity (Wildman–Crippen MR) is 84.3 cm³/mol. The molecule has 1 unspecified atom stereocenters. The highest BCUT2D eigenvalue weighted by Crippen LogP contribution is 2.21. The number of amides is 1. The van der Waals surface area contributed by atoms with Gasteiger partial charge in [-0.1, -0.05) is 24.9 Å². The maximum absolute atomic E-state index is 12.1. The van der Waals surface area contributed by atoms with Crippen LogP contribution in [0.1, 0.15) is 38.2 Å². The van der Waals surface area contributed by atoms with Gasteiger partial charge in [0.25, 0.3) is 0 Å². The summed E-state index contributed by atoms with van der Waals surface area (Å²) in [6.07, 6.45) is 4.66. The third-order valence-electron chi connectivity index (χ3n) is 3.94. The van der Waals surface area contributed by atoms with Crippen molar-refractivity contribution in [2.75, 3.05) is 18.4 Å². The molecule has 1 fully saturated rings. The molecule has 4 nitrogen and oxygen atoms in total. The van der Waals surface area contributed by atoms with Gasteiger partial charge in [-0.3, -0.25) is 9.69 Å². The van der Waals surface area contributed by atoms with Crippen molar-refractivity contribution in [3.63, 3.8) is 0 Å². The second-order valence-corrected chi connectivity index (χ2v) is 5.79. The van der Waals surface area contributed by atoms with E-state index >= 15 is 0 Å². The Morgan fingerprint density at radius 3 is 3.00 bits per heavy atom. The van der Waals surface area contributed by atoms with Crippen LogP contribution in [-0.4, -0.2) is 29.9 Å². The highest BCUT2D eigenvalue weighted by molar-refractivity contribution is 6.32. The van der Waals surface area contributed by atoms with Crippen molar-refractivity contribution in [2.45, 2.75) is 38.6 Å². The smallest absolute Gasteiger partial charge is 0.238 e. The zero-order valence-electron chi connectivity index (χ0n) is 12.2.